The molecule has 0 amide bonds. The van der Waals surface area contributed by atoms with E-state index in [2.05, 4.69) is 15.2 Å². The molecule has 0 fully saturated rings. The van der Waals surface area contributed by atoms with Crippen molar-refractivity contribution in [2.45, 2.75) is 0 Å². The summed E-state index contributed by atoms with van der Waals surface area (Å²) in [7, 11) is 3.84. The summed E-state index contributed by atoms with van der Waals surface area (Å²) in [6.45, 7) is 0. The Balaban J connectivity index is 2.20. The van der Waals surface area contributed by atoms with Gasteiger partial charge in [-0.2, -0.15) is 0 Å². The summed E-state index contributed by atoms with van der Waals surface area (Å²) in [5.41, 5.74) is 1.08. The van der Waals surface area contributed by atoms with E-state index in [1.807, 2.05) is 49.3 Å². The van der Waals surface area contributed by atoms with Gasteiger partial charge in [0.1, 0.15) is 5.01 Å². The molecule has 0 aliphatic carbocycles. The summed E-state index contributed by atoms with van der Waals surface area (Å²) in [5, 5.41) is 9.68. The highest BCUT2D eigenvalue weighted by atomic mass is 32.1. The molecule has 0 bridgehead atoms. The van der Waals surface area contributed by atoms with Crippen molar-refractivity contribution in [3.8, 4) is 10.6 Å². The lowest BCUT2D eigenvalue weighted by atomic mass is 10.2. The SMILES string of the molecule is CN(C)/C=N/c1nnc(-c2ccccc2)s1. The largest absolute Gasteiger partial charge is 0.369 e. The minimum absolute atomic E-state index is 0.674. The highest BCUT2D eigenvalue weighted by molar-refractivity contribution is 7.18. The van der Waals surface area contributed by atoms with Gasteiger partial charge >= 0.3 is 0 Å². The number of aromatic nitrogens is 2. The summed E-state index contributed by atoms with van der Waals surface area (Å²) >= 11 is 1.48. The highest BCUT2D eigenvalue weighted by Gasteiger charge is 2.04. The van der Waals surface area contributed by atoms with Crippen LogP contribution in [-0.2, 0) is 0 Å². The third-order valence-corrected chi connectivity index (χ3v) is 2.71. The quantitative estimate of drug-likeness (QED) is 0.603. The van der Waals surface area contributed by atoms with Gasteiger partial charge in [0.15, 0.2) is 0 Å². The predicted octanol–water partition coefficient (Wildman–Crippen LogP) is 2.43. The third kappa shape index (κ3) is 2.64. The number of rotatable bonds is 3. The summed E-state index contributed by atoms with van der Waals surface area (Å²) in [4.78, 5) is 6.06. The maximum Gasteiger partial charge on any atom is 0.233 e. The van der Waals surface area contributed by atoms with Crippen molar-refractivity contribution >= 4 is 22.8 Å². The van der Waals surface area contributed by atoms with Crippen LogP contribution >= 0.6 is 11.3 Å². The van der Waals surface area contributed by atoms with Gasteiger partial charge in [-0.25, -0.2) is 4.99 Å². The monoisotopic (exact) mass is 232 g/mol. The minimum Gasteiger partial charge on any atom is -0.369 e. The number of nitrogens with zero attached hydrogens (tertiary/aromatic N) is 4. The van der Waals surface area contributed by atoms with Gasteiger partial charge in [-0.3, -0.25) is 0 Å². The predicted molar refractivity (Wildman–Crippen MR) is 67.2 cm³/mol. The van der Waals surface area contributed by atoms with Crippen LogP contribution < -0.4 is 0 Å². The molecule has 16 heavy (non-hydrogen) atoms. The van der Waals surface area contributed by atoms with Crippen LogP contribution in [0.15, 0.2) is 35.3 Å². The van der Waals surface area contributed by atoms with Gasteiger partial charge in [0.25, 0.3) is 0 Å². The van der Waals surface area contributed by atoms with Crippen LogP contribution in [-0.4, -0.2) is 35.5 Å². The molecule has 0 N–H and O–H groups in total. The highest BCUT2D eigenvalue weighted by Crippen LogP contribution is 2.27. The van der Waals surface area contributed by atoms with Crippen molar-refractivity contribution in [3.05, 3.63) is 30.3 Å². The maximum absolute atomic E-state index is 4.20. The average molecular weight is 232 g/mol. The van der Waals surface area contributed by atoms with Crippen LogP contribution in [0.3, 0.4) is 0 Å². The van der Waals surface area contributed by atoms with E-state index in [0.717, 1.165) is 10.6 Å². The molecule has 82 valence electrons. The van der Waals surface area contributed by atoms with E-state index >= 15 is 0 Å². The molecule has 4 nitrogen and oxygen atoms in total. The second-order valence-corrected chi connectivity index (χ2v) is 4.42. The van der Waals surface area contributed by atoms with E-state index < -0.39 is 0 Å². The minimum atomic E-state index is 0.674. The fourth-order valence-corrected chi connectivity index (χ4v) is 1.82. The Bertz CT molecular complexity index is 476. The molecule has 0 saturated carbocycles. The Hall–Kier alpha value is -1.75. The Labute approximate surface area is 98.3 Å². The van der Waals surface area contributed by atoms with E-state index in [9.17, 15) is 0 Å². The molecule has 0 radical (unpaired) electrons. The summed E-state index contributed by atoms with van der Waals surface area (Å²) in [5.74, 6) is 0. The molecular weight excluding hydrogens is 220 g/mol. The molecule has 1 heterocycles. The first-order valence-corrected chi connectivity index (χ1v) is 5.67. The Morgan fingerprint density at radius 1 is 1.19 bits per heavy atom. The van der Waals surface area contributed by atoms with Crippen LogP contribution in [0.2, 0.25) is 0 Å². The molecule has 1 aromatic carbocycles. The molecular formula is C11H12N4S. The Morgan fingerprint density at radius 3 is 2.62 bits per heavy atom. The molecule has 0 unspecified atom stereocenters. The zero-order valence-electron chi connectivity index (χ0n) is 9.16. The lowest BCUT2D eigenvalue weighted by Crippen LogP contribution is -2.06. The van der Waals surface area contributed by atoms with Crippen LogP contribution in [0, 0.1) is 0 Å². The number of hydrogen-bond donors (Lipinski definition) is 0. The fourth-order valence-electron chi connectivity index (χ4n) is 1.13. The zero-order valence-corrected chi connectivity index (χ0v) is 9.98. The van der Waals surface area contributed by atoms with E-state index in [4.69, 9.17) is 0 Å². The van der Waals surface area contributed by atoms with Gasteiger partial charge < -0.3 is 4.90 Å². The van der Waals surface area contributed by atoms with Gasteiger partial charge in [0.2, 0.25) is 5.13 Å². The molecule has 0 spiro atoms. The van der Waals surface area contributed by atoms with E-state index in [1.54, 1.807) is 6.34 Å². The van der Waals surface area contributed by atoms with Crippen molar-refractivity contribution in [2.24, 2.45) is 4.99 Å². The molecule has 0 atom stereocenters. The van der Waals surface area contributed by atoms with Crippen LogP contribution in [0.25, 0.3) is 10.6 Å². The van der Waals surface area contributed by atoms with E-state index in [0.29, 0.717) is 5.13 Å². The lowest BCUT2D eigenvalue weighted by Gasteiger charge is -1.99. The van der Waals surface area contributed by atoms with Crippen LogP contribution in [0.1, 0.15) is 0 Å². The van der Waals surface area contributed by atoms with Gasteiger partial charge in [0, 0.05) is 19.7 Å². The van der Waals surface area contributed by atoms with Gasteiger partial charge in [-0.1, -0.05) is 41.7 Å². The van der Waals surface area contributed by atoms with Crippen molar-refractivity contribution < 1.29 is 0 Å². The van der Waals surface area contributed by atoms with Gasteiger partial charge in [-0.15, -0.1) is 10.2 Å². The maximum atomic E-state index is 4.20. The molecule has 0 saturated heterocycles. The van der Waals surface area contributed by atoms with Crippen molar-refractivity contribution in [1.82, 2.24) is 15.1 Å². The first-order chi connectivity index (χ1) is 7.75. The van der Waals surface area contributed by atoms with Gasteiger partial charge in [0.05, 0.1) is 6.34 Å². The average Bonchev–Trinajstić information content (AvgIpc) is 2.76. The molecule has 0 aliphatic heterocycles. The van der Waals surface area contributed by atoms with Crippen molar-refractivity contribution in [2.75, 3.05) is 14.1 Å². The molecule has 0 aliphatic rings. The third-order valence-electron chi connectivity index (χ3n) is 1.83. The second kappa shape index (κ2) is 4.85. The van der Waals surface area contributed by atoms with Gasteiger partial charge in [-0.05, 0) is 0 Å². The summed E-state index contributed by atoms with van der Waals surface area (Å²) in [6, 6.07) is 9.98. The molecule has 5 heteroatoms. The molecule has 1 aromatic heterocycles. The Kier molecular flexibility index (Phi) is 3.26. The first kappa shape index (κ1) is 10.8. The van der Waals surface area contributed by atoms with Crippen LogP contribution in [0.4, 0.5) is 5.13 Å². The number of benzene rings is 1. The van der Waals surface area contributed by atoms with Crippen molar-refractivity contribution in [1.29, 1.82) is 0 Å². The summed E-state index contributed by atoms with van der Waals surface area (Å²) < 4.78 is 0. The zero-order chi connectivity index (χ0) is 11.4. The fraction of sp³-hybridized carbons (Fsp3) is 0.182. The first-order valence-electron chi connectivity index (χ1n) is 4.85. The number of aliphatic imine (C=N–C) groups is 1. The van der Waals surface area contributed by atoms with E-state index in [1.165, 1.54) is 11.3 Å². The van der Waals surface area contributed by atoms with E-state index in [-0.39, 0.29) is 0 Å². The van der Waals surface area contributed by atoms with Crippen LogP contribution in [0.5, 0.6) is 0 Å². The topological polar surface area (TPSA) is 41.4 Å². The second-order valence-electron chi connectivity index (χ2n) is 3.46. The number of hydrogen-bond acceptors (Lipinski definition) is 4. The van der Waals surface area contributed by atoms with Crippen molar-refractivity contribution in [3.63, 3.8) is 0 Å². The Morgan fingerprint density at radius 2 is 1.94 bits per heavy atom. The molecule has 2 rings (SSSR count). The standard InChI is InChI=1S/C11H12N4S/c1-15(2)8-12-11-14-13-10(16-11)9-6-4-3-5-7-9/h3-8H,1-2H3/b12-8+. The lowest BCUT2D eigenvalue weighted by molar-refractivity contribution is 0.643. The smallest absolute Gasteiger partial charge is 0.233 e. The summed E-state index contributed by atoms with van der Waals surface area (Å²) in [6.07, 6.45) is 1.72. The molecule has 2 aromatic rings. The normalized spacial score (nSPS) is 10.9.